The van der Waals surface area contributed by atoms with Crippen molar-refractivity contribution in [3.63, 3.8) is 0 Å². The van der Waals surface area contributed by atoms with Gasteiger partial charge >= 0.3 is 0 Å². The Morgan fingerprint density at radius 3 is 2.31 bits per heavy atom. The fraction of sp³-hybridized carbons (Fsp3) is 0.321. The number of amides is 1. The highest BCUT2D eigenvalue weighted by Crippen LogP contribution is 2.20. The minimum absolute atomic E-state index is 0.00786. The predicted octanol–water partition coefficient (Wildman–Crippen LogP) is 3.18. The maximum absolute atomic E-state index is 13.2. The number of carbonyl (C=O) groups is 1. The van der Waals surface area contributed by atoms with Crippen LogP contribution in [0.15, 0.2) is 89.8 Å². The fourth-order valence-electron chi connectivity index (χ4n) is 4.04. The van der Waals surface area contributed by atoms with Crippen molar-refractivity contribution in [1.82, 2.24) is 15.4 Å². The standard InChI is InChI=1S/C28H33N3O4S/c1-20(22-11-6-3-7-12-22)31-36(34,35)25-14-8-13-23(18-25)28(33)30-26(17-21-9-4-2-5-10-21)27(32)19-29-24-15-16-24/h2-14,18,20,24,26-27,29,31-32H,15-17,19H2,1H3,(H,30,33)/t20-,26+,27-/m1/s1. The van der Waals surface area contributed by atoms with Gasteiger partial charge in [0.25, 0.3) is 5.91 Å². The third-order valence-corrected chi connectivity index (χ3v) is 7.85. The number of carbonyl (C=O) groups excluding carboxylic acids is 1. The van der Waals surface area contributed by atoms with E-state index in [0.29, 0.717) is 19.0 Å². The molecule has 3 aromatic carbocycles. The highest BCUT2D eigenvalue weighted by Gasteiger charge is 2.27. The molecule has 1 aliphatic rings. The van der Waals surface area contributed by atoms with E-state index < -0.39 is 34.1 Å². The third-order valence-electron chi connectivity index (χ3n) is 6.31. The fourth-order valence-corrected chi connectivity index (χ4v) is 5.31. The molecule has 0 saturated heterocycles. The number of sulfonamides is 1. The van der Waals surface area contributed by atoms with Gasteiger partial charge in [0.1, 0.15) is 0 Å². The Bertz CT molecular complexity index is 1250. The summed E-state index contributed by atoms with van der Waals surface area (Å²) in [7, 11) is -3.86. The smallest absolute Gasteiger partial charge is 0.251 e. The van der Waals surface area contributed by atoms with E-state index in [1.54, 1.807) is 19.1 Å². The number of hydrogen-bond acceptors (Lipinski definition) is 5. The molecule has 7 nitrogen and oxygen atoms in total. The second-order valence-corrected chi connectivity index (χ2v) is 11.0. The van der Waals surface area contributed by atoms with Gasteiger partial charge in [-0.25, -0.2) is 13.1 Å². The lowest BCUT2D eigenvalue weighted by Gasteiger charge is -2.25. The van der Waals surface area contributed by atoms with E-state index in [9.17, 15) is 18.3 Å². The van der Waals surface area contributed by atoms with E-state index in [-0.39, 0.29) is 10.5 Å². The summed E-state index contributed by atoms with van der Waals surface area (Å²) in [6.45, 7) is 2.15. The molecular formula is C28H33N3O4S. The Labute approximate surface area is 213 Å². The van der Waals surface area contributed by atoms with Crippen LogP contribution in [0.3, 0.4) is 0 Å². The van der Waals surface area contributed by atoms with Gasteiger partial charge in [-0.1, -0.05) is 66.7 Å². The maximum atomic E-state index is 13.2. The molecule has 8 heteroatoms. The van der Waals surface area contributed by atoms with Crippen molar-refractivity contribution in [3.05, 3.63) is 102 Å². The van der Waals surface area contributed by atoms with E-state index in [1.165, 1.54) is 12.1 Å². The van der Waals surface area contributed by atoms with Gasteiger partial charge in [-0.05, 0) is 55.5 Å². The van der Waals surface area contributed by atoms with Crippen LogP contribution in [0.5, 0.6) is 0 Å². The lowest BCUT2D eigenvalue weighted by Crippen LogP contribution is -2.49. The zero-order valence-electron chi connectivity index (χ0n) is 20.3. The molecule has 1 amide bonds. The molecule has 4 rings (SSSR count). The van der Waals surface area contributed by atoms with Crippen LogP contribution in [0.25, 0.3) is 0 Å². The number of benzene rings is 3. The zero-order chi connectivity index (χ0) is 25.5. The zero-order valence-corrected chi connectivity index (χ0v) is 21.1. The van der Waals surface area contributed by atoms with Gasteiger partial charge in [0, 0.05) is 24.2 Å². The van der Waals surface area contributed by atoms with Crippen LogP contribution in [0, 0.1) is 0 Å². The first-order valence-electron chi connectivity index (χ1n) is 12.3. The molecule has 0 radical (unpaired) electrons. The molecule has 4 N–H and O–H groups in total. The van der Waals surface area contributed by atoms with Gasteiger partial charge in [0.15, 0.2) is 0 Å². The second kappa shape index (κ2) is 11.8. The van der Waals surface area contributed by atoms with E-state index in [0.717, 1.165) is 24.0 Å². The molecule has 190 valence electrons. The number of aliphatic hydroxyl groups excluding tert-OH is 1. The molecule has 3 atom stereocenters. The van der Waals surface area contributed by atoms with Crippen molar-refractivity contribution in [2.24, 2.45) is 0 Å². The van der Waals surface area contributed by atoms with Crippen molar-refractivity contribution < 1.29 is 18.3 Å². The predicted molar refractivity (Wildman–Crippen MR) is 140 cm³/mol. The number of aliphatic hydroxyl groups is 1. The van der Waals surface area contributed by atoms with Crippen LogP contribution in [0.2, 0.25) is 0 Å². The van der Waals surface area contributed by atoms with Crippen LogP contribution >= 0.6 is 0 Å². The SMILES string of the molecule is C[C@@H](NS(=O)(=O)c1cccc(C(=O)N[C@@H](Cc2ccccc2)[C@H](O)CNC2CC2)c1)c1ccccc1. The van der Waals surface area contributed by atoms with Gasteiger partial charge in [0.2, 0.25) is 10.0 Å². The van der Waals surface area contributed by atoms with Crippen LogP contribution < -0.4 is 15.4 Å². The van der Waals surface area contributed by atoms with E-state index in [4.69, 9.17) is 0 Å². The molecule has 1 fully saturated rings. The Hall–Kier alpha value is -3.04. The van der Waals surface area contributed by atoms with Gasteiger partial charge < -0.3 is 15.7 Å². The molecule has 1 saturated carbocycles. The summed E-state index contributed by atoms with van der Waals surface area (Å²) in [5, 5.41) is 17.1. The Kier molecular flexibility index (Phi) is 8.53. The summed E-state index contributed by atoms with van der Waals surface area (Å²) in [5.41, 5.74) is 2.04. The van der Waals surface area contributed by atoms with Crippen LogP contribution in [0.4, 0.5) is 0 Å². The summed E-state index contributed by atoms with van der Waals surface area (Å²) in [5.74, 6) is -0.436. The van der Waals surface area contributed by atoms with Gasteiger partial charge in [0.05, 0.1) is 17.0 Å². The summed E-state index contributed by atoms with van der Waals surface area (Å²) >= 11 is 0. The lowest BCUT2D eigenvalue weighted by molar-refractivity contribution is 0.0830. The van der Waals surface area contributed by atoms with Crippen molar-refractivity contribution in [3.8, 4) is 0 Å². The van der Waals surface area contributed by atoms with Gasteiger partial charge in [-0.15, -0.1) is 0 Å². The molecular weight excluding hydrogens is 474 g/mol. The molecule has 36 heavy (non-hydrogen) atoms. The van der Waals surface area contributed by atoms with Gasteiger partial charge in [-0.2, -0.15) is 0 Å². The first-order chi connectivity index (χ1) is 17.3. The molecule has 3 aromatic rings. The first-order valence-corrected chi connectivity index (χ1v) is 13.7. The quantitative estimate of drug-likeness (QED) is 0.301. The van der Waals surface area contributed by atoms with Crippen molar-refractivity contribution >= 4 is 15.9 Å². The number of rotatable bonds is 12. The molecule has 0 bridgehead atoms. The molecule has 0 spiro atoms. The maximum Gasteiger partial charge on any atom is 0.251 e. The average Bonchev–Trinajstić information content (AvgIpc) is 3.72. The van der Waals surface area contributed by atoms with Crippen molar-refractivity contribution in [2.45, 2.75) is 55.3 Å². The highest BCUT2D eigenvalue weighted by molar-refractivity contribution is 7.89. The summed E-state index contributed by atoms with van der Waals surface area (Å²) < 4.78 is 28.7. The van der Waals surface area contributed by atoms with E-state index in [2.05, 4.69) is 15.4 Å². The minimum atomic E-state index is -3.86. The molecule has 0 aromatic heterocycles. The molecule has 0 unspecified atom stereocenters. The Morgan fingerprint density at radius 2 is 1.64 bits per heavy atom. The minimum Gasteiger partial charge on any atom is -0.390 e. The summed E-state index contributed by atoms with van der Waals surface area (Å²) in [6.07, 6.45) is 1.85. The lowest BCUT2D eigenvalue weighted by atomic mass is 10.0. The molecule has 0 heterocycles. The van der Waals surface area contributed by atoms with E-state index >= 15 is 0 Å². The Morgan fingerprint density at radius 1 is 0.972 bits per heavy atom. The highest BCUT2D eigenvalue weighted by atomic mass is 32.2. The van der Waals surface area contributed by atoms with Gasteiger partial charge in [-0.3, -0.25) is 4.79 Å². The average molecular weight is 508 g/mol. The third kappa shape index (κ3) is 7.24. The summed E-state index contributed by atoms with van der Waals surface area (Å²) in [6, 6.07) is 24.4. The second-order valence-electron chi connectivity index (χ2n) is 9.30. The van der Waals surface area contributed by atoms with Crippen LogP contribution in [-0.4, -0.2) is 44.2 Å². The summed E-state index contributed by atoms with van der Waals surface area (Å²) in [4.78, 5) is 13.2. The van der Waals surface area contributed by atoms with Crippen LogP contribution in [-0.2, 0) is 16.4 Å². The number of hydrogen-bond donors (Lipinski definition) is 4. The van der Waals surface area contributed by atoms with Crippen LogP contribution in [0.1, 0.15) is 47.3 Å². The Balaban J connectivity index is 1.47. The topological polar surface area (TPSA) is 108 Å². The van der Waals surface area contributed by atoms with Crippen molar-refractivity contribution in [1.29, 1.82) is 0 Å². The monoisotopic (exact) mass is 507 g/mol. The largest absolute Gasteiger partial charge is 0.390 e. The molecule has 0 aliphatic heterocycles. The number of nitrogens with one attached hydrogen (secondary N) is 3. The normalized spacial score (nSPS) is 16.2. The first kappa shape index (κ1) is 26.0. The van der Waals surface area contributed by atoms with E-state index in [1.807, 2.05) is 60.7 Å². The molecule has 1 aliphatic carbocycles. The van der Waals surface area contributed by atoms with Crippen molar-refractivity contribution in [2.75, 3.05) is 6.54 Å².